The first kappa shape index (κ1) is 21.2. The molecule has 168 valence electrons. The van der Waals surface area contributed by atoms with Gasteiger partial charge in [-0.15, -0.1) is 0 Å². The van der Waals surface area contributed by atoms with Crippen LogP contribution in [-0.4, -0.2) is 56.5 Å². The van der Waals surface area contributed by atoms with Crippen LogP contribution in [0.1, 0.15) is 52.6 Å². The molecule has 1 saturated heterocycles. The van der Waals surface area contributed by atoms with Crippen LogP contribution in [0.4, 0.5) is 13.2 Å². The SMILES string of the molecule is O=C(c1cc2nc(C3CC3)cc(C(F)F)n2n1)N1CCN(Cc2c(F)cccc2Cl)CC1. The molecular formula is C22H21ClF3N5O. The number of amides is 1. The van der Waals surface area contributed by atoms with Crippen LogP contribution in [0.15, 0.2) is 30.3 Å². The first-order valence-electron chi connectivity index (χ1n) is 10.5. The Hall–Kier alpha value is -2.65. The van der Waals surface area contributed by atoms with E-state index in [0.717, 1.165) is 17.4 Å². The topological polar surface area (TPSA) is 53.7 Å². The highest BCUT2D eigenvalue weighted by atomic mass is 35.5. The second-order valence-electron chi connectivity index (χ2n) is 8.25. The number of halogens is 4. The second kappa shape index (κ2) is 8.37. The minimum absolute atomic E-state index is 0.0953. The minimum Gasteiger partial charge on any atom is -0.335 e. The molecule has 1 aliphatic heterocycles. The minimum atomic E-state index is -2.71. The molecule has 1 saturated carbocycles. The van der Waals surface area contributed by atoms with E-state index in [1.165, 1.54) is 18.2 Å². The van der Waals surface area contributed by atoms with Crippen LogP contribution in [0.3, 0.4) is 0 Å². The number of carbonyl (C=O) groups excluding carboxylic acids is 1. The lowest BCUT2D eigenvalue weighted by Gasteiger charge is -2.34. The van der Waals surface area contributed by atoms with E-state index in [1.807, 2.05) is 4.90 Å². The largest absolute Gasteiger partial charge is 0.335 e. The maximum atomic E-state index is 14.1. The zero-order chi connectivity index (χ0) is 22.4. The quantitative estimate of drug-likeness (QED) is 0.566. The fourth-order valence-electron chi connectivity index (χ4n) is 4.04. The molecule has 0 atom stereocenters. The van der Waals surface area contributed by atoms with Crippen LogP contribution < -0.4 is 0 Å². The molecule has 1 amide bonds. The number of hydrogen-bond donors (Lipinski definition) is 0. The number of carbonyl (C=O) groups is 1. The lowest BCUT2D eigenvalue weighted by atomic mass is 10.1. The van der Waals surface area contributed by atoms with Crippen molar-refractivity contribution in [1.82, 2.24) is 24.4 Å². The summed E-state index contributed by atoms with van der Waals surface area (Å²) >= 11 is 6.11. The predicted molar refractivity (Wildman–Crippen MR) is 113 cm³/mol. The van der Waals surface area contributed by atoms with Crippen LogP contribution in [0, 0.1) is 5.82 Å². The third-order valence-electron chi connectivity index (χ3n) is 6.02. The molecule has 10 heteroatoms. The summed E-state index contributed by atoms with van der Waals surface area (Å²) in [6, 6.07) is 7.46. The van der Waals surface area contributed by atoms with Gasteiger partial charge in [0.15, 0.2) is 11.3 Å². The Labute approximate surface area is 187 Å². The molecule has 5 rings (SSSR count). The van der Waals surface area contributed by atoms with E-state index in [9.17, 15) is 18.0 Å². The highest BCUT2D eigenvalue weighted by Crippen LogP contribution is 2.40. The molecule has 1 aliphatic carbocycles. The van der Waals surface area contributed by atoms with E-state index >= 15 is 0 Å². The first-order valence-corrected chi connectivity index (χ1v) is 10.9. The third kappa shape index (κ3) is 4.06. The van der Waals surface area contributed by atoms with Crippen molar-refractivity contribution < 1.29 is 18.0 Å². The smallest absolute Gasteiger partial charge is 0.280 e. The van der Waals surface area contributed by atoms with Crippen molar-refractivity contribution in [3.8, 4) is 0 Å². The van der Waals surface area contributed by atoms with Crippen molar-refractivity contribution in [3.05, 3.63) is 63.8 Å². The monoisotopic (exact) mass is 463 g/mol. The van der Waals surface area contributed by atoms with E-state index in [0.29, 0.717) is 49.0 Å². The molecule has 0 radical (unpaired) electrons. The summed E-state index contributed by atoms with van der Waals surface area (Å²) in [5.74, 6) is -0.469. The number of rotatable bonds is 5. The van der Waals surface area contributed by atoms with Crippen molar-refractivity contribution in [3.63, 3.8) is 0 Å². The van der Waals surface area contributed by atoms with Crippen LogP contribution in [0.2, 0.25) is 5.02 Å². The summed E-state index contributed by atoms with van der Waals surface area (Å²) in [5, 5.41) is 4.52. The Balaban J connectivity index is 1.30. The Morgan fingerprint density at radius 2 is 1.91 bits per heavy atom. The van der Waals surface area contributed by atoms with Crippen molar-refractivity contribution in [1.29, 1.82) is 0 Å². The Kier molecular flexibility index (Phi) is 5.54. The fourth-order valence-corrected chi connectivity index (χ4v) is 4.27. The highest BCUT2D eigenvalue weighted by molar-refractivity contribution is 6.31. The average molecular weight is 464 g/mol. The van der Waals surface area contributed by atoms with E-state index in [2.05, 4.69) is 10.1 Å². The zero-order valence-electron chi connectivity index (χ0n) is 17.1. The van der Waals surface area contributed by atoms with E-state index in [1.54, 1.807) is 17.0 Å². The maximum Gasteiger partial charge on any atom is 0.280 e. The number of nitrogens with zero attached hydrogens (tertiary/aromatic N) is 5. The third-order valence-corrected chi connectivity index (χ3v) is 6.37. The van der Waals surface area contributed by atoms with Crippen molar-refractivity contribution in [2.75, 3.05) is 26.2 Å². The van der Waals surface area contributed by atoms with E-state index < -0.39 is 6.43 Å². The Morgan fingerprint density at radius 3 is 2.56 bits per heavy atom. The van der Waals surface area contributed by atoms with Gasteiger partial charge in [0.05, 0.1) is 0 Å². The number of hydrogen-bond acceptors (Lipinski definition) is 4. The lowest BCUT2D eigenvalue weighted by Crippen LogP contribution is -2.48. The molecule has 2 aliphatic rings. The molecular weight excluding hydrogens is 443 g/mol. The van der Waals surface area contributed by atoms with Crippen molar-refractivity contribution in [2.24, 2.45) is 0 Å². The summed E-state index contributed by atoms with van der Waals surface area (Å²) in [7, 11) is 0. The molecule has 2 aromatic heterocycles. The van der Waals surface area contributed by atoms with Crippen LogP contribution in [0.5, 0.6) is 0 Å². The van der Waals surface area contributed by atoms with Gasteiger partial charge in [-0.2, -0.15) is 5.10 Å². The Bertz CT molecular complexity index is 1150. The molecule has 1 aromatic carbocycles. The molecule has 32 heavy (non-hydrogen) atoms. The molecule has 2 fully saturated rings. The fraction of sp³-hybridized carbons (Fsp3) is 0.409. The van der Waals surface area contributed by atoms with Crippen LogP contribution >= 0.6 is 11.6 Å². The summed E-state index contributed by atoms with van der Waals surface area (Å²) < 4.78 is 42.3. The number of piperazine rings is 1. The molecule has 0 bridgehead atoms. The number of alkyl halides is 2. The van der Waals surface area contributed by atoms with Gasteiger partial charge >= 0.3 is 0 Å². The predicted octanol–water partition coefficient (Wildman–Crippen LogP) is 4.29. The van der Waals surface area contributed by atoms with Gasteiger partial charge < -0.3 is 4.90 Å². The molecule has 0 N–H and O–H groups in total. The van der Waals surface area contributed by atoms with Gasteiger partial charge in [0.2, 0.25) is 0 Å². The van der Waals surface area contributed by atoms with Crippen LogP contribution in [-0.2, 0) is 6.54 Å². The van der Waals surface area contributed by atoms with E-state index in [4.69, 9.17) is 11.6 Å². The molecule has 3 heterocycles. The summed E-state index contributed by atoms with van der Waals surface area (Å²) in [6.07, 6.45) is -0.836. The lowest BCUT2D eigenvalue weighted by molar-refractivity contribution is 0.0620. The summed E-state index contributed by atoms with van der Waals surface area (Å²) in [4.78, 5) is 21.1. The van der Waals surface area contributed by atoms with Crippen molar-refractivity contribution >= 4 is 23.2 Å². The molecule has 6 nitrogen and oxygen atoms in total. The summed E-state index contributed by atoms with van der Waals surface area (Å²) in [5.41, 5.74) is 1.18. The first-order chi connectivity index (χ1) is 15.4. The van der Waals surface area contributed by atoms with Gasteiger partial charge in [-0.3, -0.25) is 9.69 Å². The van der Waals surface area contributed by atoms with Gasteiger partial charge in [0, 0.05) is 61.0 Å². The Morgan fingerprint density at radius 1 is 1.16 bits per heavy atom. The number of benzene rings is 1. The van der Waals surface area contributed by atoms with Gasteiger partial charge in [0.1, 0.15) is 11.5 Å². The highest BCUT2D eigenvalue weighted by Gasteiger charge is 2.30. The normalized spacial score (nSPS) is 17.5. The second-order valence-corrected chi connectivity index (χ2v) is 8.66. The van der Waals surface area contributed by atoms with Crippen LogP contribution in [0.25, 0.3) is 5.65 Å². The molecule has 3 aromatic rings. The van der Waals surface area contributed by atoms with E-state index in [-0.39, 0.29) is 34.7 Å². The maximum absolute atomic E-state index is 14.1. The standard InChI is InChI=1S/C22H21ClF3N5O/c23-15-2-1-3-16(24)14(15)12-29-6-8-30(9-7-29)22(32)18-11-20-27-17(13-4-5-13)10-19(21(25)26)31(20)28-18/h1-3,10-11,13,21H,4-9,12H2. The molecule has 0 spiro atoms. The van der Waals surface area contributed by atoms with Gasteiger partial charge in [0.25, 0.3) is 12.3 Å². The average Bonchev–Trinajstić information content (AvgIpc) is 3.54. The zero-order valence-corrected chi connectivity index (χ0v) is 17.9. The number of aromatic nitrogens is 3. The van der Waals surface area contributed by atoms with Gasteiger partial charge in [-0.25, -0.2) is 22.7 Å². The van der Waals surface area contributed by atoms with Gasteiger partial charge in [-0.05, 0) is 31.0 Å². The molecule has 0 unspecified atom stereocenters. The summed E-state index contributed by atoms with van der Waals surface area (Å²) in [6.45, 7) is 2.27. The van der Waals surface area contributed by atoms with Crippen molar-refractivity contribution in [2.45, 2.75) is 31.7 Å². The number of fused-ring (bicyclic) bond motifs is 1. The van der Waals surface area contributed by atoms with Gasteiger partial charge in [-0.1, -0.05) is 17.7 Å².